The van der Waals surface area contributed by atoms with E-state index in [1.165, 1.54) is 0 Å². The van der Waals surface area contributed by atoms with Gasteiger partial charge in [0.1, 0.15) is 16.3 Å². The number of anilines is 1. The van der Waals surface area contributed by atoms with Crippen molar-refractivity contribution in [1.82, 2.24) is 19.5 Å². The highest BCUT2D eigenvalue weighted by Gasteiger charge is 2.02. The second-order valence-corrected chi connectivity index (χ2v) is 5.68. The molecule has 2 N–H and O–H groups in total. The first-order valence-electron chi connectivity index (χ1n) is 6.93. The Hall–Kier alpha value is -1.69. The van der Waals surface area contributed by atoms with Gasteiger partial charge in [0, 0.05) is 38.0 Å². The predicted molar refractivity (Wildman–Crippen MR) is 83.3 cm³/mol. The summed E-state index contributed by atoms with van der Waals surface area (Å²) < 4.78 is 2.71. The smallest absolute Gasteiger partial charge is 0.131 e. The predicted octanol–water partition coefficient (Wildman–Crippen LogP) is 3.04. The van der Waals surface area contributed by atoms with Crippen molar-refractivity contribution in [3.63, 3.8) is 0 Å². The van der Waals surface area contributed by atoms with E-state index in [1.807, 2.05) is 18.6 Å². The Balaban J connectivity index is 1.85. The monoisotopic (exact) mass is 291 g/mol. The summed E-state index contributed by atoms with van der Waals surface area (Å²) >= 11 is 5.20. The summed E-state index contributed by atoms with van der Waals surface area (Å²) in [6, 6.07) is 1.87. The molecule has 6 heteroatoms. The van der Waals surface area contributed by atoms with Gasteiger partial charge in [-0.15, -0.1) is 0 Å². The molecule has 0 radical (unpaired) electrons. The van der Waals surface area contributed by atoms with E-state index in [-0.39, 0.29) is 0 Å². The molecular weight excluding hydrogens is 270 g/mol. The Morgan fingerprint density at radius 3 is 3.00 bits per heavy atom. The normalized spacial score (nSPS) is 10.9. The van der Waals surface area contributed by atoms with E-state index in [0.29, 0.717) is 10.6 Å². The molecule has 0 fully saturated rings. The zero-order chi connectivity index (χ0) is 14.4. The number of H-pyrrole nitrogens is 1. The third kappa shape index (κ3) is 4.77. The Morgan fingerprint density at radius 2 is 2.30 bits per heavy atom. The summed E-state index contributed by atoms with van der Waals surface area (Å²) in [5.74, 6) is 2.46. The van der Waals surface area contributed by atoms with Crippen LogP contribution in [0.1, 0.15) is 26.1 Å². The van der Waals surface area contributed by atoms with E-state index in [2.05, 4.69) is 38.7 Å². The highest BCUT2D eigenvalue weighted by Crippen LogP contribution is 2.08. The van der Waals surface area contributed by atoms with Gasteiger partial charge in [-0.25, -0.2) is 9.97 Å². The van der Waals surface area contributed by atoms with Crippen LogP contribution in [0.15, 0.2) is 24.8 Å². The van der Waals surface area contributed by atoms with Crippen LogP contribution in [-0.2, 0) is 13.0 Å². The molecule has 0 amide bonds. The second kappa shape index (κ2) is 7.19. The molecule has 108 valence electrons. The average molecular weight is 291 g/mol. The van der Waals surface area contributed by atoms with Crippen molar-refractivity contribution in [2.24, 2.45) is 5.92 Å². The minimum absolute atomic E-state index is 0.560. The van der Waals surface area contributed by atoms with Gasteiger partial charge in [0.2, 0.25) is 0 Å². The Bertz CT molecular complexity index is 574. The van der Waals surface area contributed by atoms with Crippen LogP contribution < -0.4 is 5.32 Å². The topological polar surface area (TPSA) is 58.5 Å². The van der Waals surface area contributed by atoms with Crippen LogP contribution in [0, 0.1) is 10.6 Å². The lowest BCUT2D eigenvalue weighted by Gasteiger charge is -2.10. The molecule has 2 aromatic heterocycles. The lowest BCUT2D eigenvalue weighted by atomic mass is 10.1. The lowest BCUT2D eigenvalue weighted by Crippen LogP contribution is -2.09. The van der Waals surface area contributed by atoms with Gasteiger partial charge in [-0.05, 0) is 12.3 Å². The number of aromatic nitrogens is 4. The van der Waals surface area contributed by atoms with Gasteiger partial charge in [0.05, 0.1) is 6.33 Å². The van der Waals surface area contributed by atoms with Gasteiger partial charge < -0.3 is 14.9 Å². The fraction of sp³-hybridized carbons (Fsp3) is 0.500. The van der Waals surface area contributed by atoms with Crippen LogP contribution in [0.5, 0.6) is 0 Å². The van der Waals surface area contributed by atoms with Crippen molar-refractivity contribution >= 4 is 18.0 Å². The molecular formula is C14H21N5S. The van der Waals surface area contributed by atoms with Gasteiger partial charge in [-0.1, -0.05) is 26.1 Å². The van der Waals surface area contributed by atoms with E-state index in [4.69, 9.17) is 12.2 Å². The fourth-order valence-corrected chi connectivity index (χ4v) is 2.22. The van der Waals surface area contributed by atoms with E-state index < -0.39 is 0 Å². The molecule has 0 bridgehead atoms. The number of nitrogens with zero attached hydrogens (tertiary/aromatic N) is 3. The van der Waals surface area contributed by atoms with E-state index in [0.717, 1.165) is 37.6 Å². The summed E-state index contributed by atoms with van der Waals surface area (Å²) in [4.78, 5) is 11.7. The maximum absolute atomic E-state index is 5.20. The second-order valence-electron chi connectivity index (χ2n) is 5.26. The van der Waals surface area contributed by atoms with Crippen molar-refractivity contribution in [3.8, 4) is 0 Å². The average Bonchev–Trinajstić information content (AvgIpc) is 2.86. The lowest BCUT2D eigenvalue weighted by molar-refractivity contribution is 0.619. The van der Waals surface area contributed by atoms with Gasteiger partial charge in [-0.3, -0.25) is 0 Å². The summed E-state index contributed by atoms with van der Waals surface area (Å²) in [5, 5.41) is 3.37. The van der Waals surface area contributed by atoms with E-state index >= 15 is 0 Å². The van der Waals surface area contributed by atoms with Crippen LogP contribution in [-0.4, -0.2) is 26.1 Å². The number of imidazole rings is 1. The zero-order valence-electron chi connectivity index (χ0n) is 12.0. The van der Waals surface area contributed by atoms with Gasteiger partial charge in [-0.2, -0.15) is 0 Å². The van der Waals surface area contributed by atoms with Crippen LogP contribution >= 0.6 is 12.2 Å². The van der Waals surface area contributed by atoms with Crippen LogP contribution in [0.2, 0.25) is 0 Å². The molecule has 2 rings (SSSR count). The third-order valence-electron chi connectivity index (χ3n) is 2.86. The Morgan fingerprint density at radius 1 is 1.45 bits per heavy atom. The fourth-order valence-electron chi connectivity index (χ4n) is 1.99. The molecule has 5 nitrogen and oxygen atoms in total. The summed E-state index contributed by atoms with van der Waals surface area (Å²) in [6.07, 6.45) is 7.54. The molecule has 0 aliphatic rings. The standard InChI is InChI=1S/C14H21N5S/c1-11(2)8-13-17-12(9-14(20)18-13)16-4-3-6-19-7-5-15-10-19/h5,7,9-11H,3-4,6,8H2,1-2H3,(H2,16,17,18,20). The number of aromatic amines is 1. The molecule has 2 aromatic rings. The summed E-state index contributed by atoms with van der Waals surface area (Å²) in [5.41, 5.74) is 0. The molecule has 0 saturated carbocycles. The summed E-state index contributed by atoms with van der Waals surface area (Å²) in [7, 11) is 0. The van der Waals surface area contributed by atoms with Crippen molar-refractivity contribution in [3.05, 3.63) is 35.3 Å². The number of rotatable bonds is 7. The van der Waals surface area contributed by atoms with Crippen LogP contribution in [0.3, 0.4) is 0 Å². The SMILES string of the molecule is CC(C)Cc1nc(=S)cc(NCCCn2ccnc2)[nH]1. The number of hydrogen-bond donors (Lipinski definition) is 2. The van der Waals surface area contributed by atoms with Crippen molar-refractivity contribution in [2.45, 2.75) is 33.2 Å². The van der Waals surface area contributed by atoms with Gasteiger partial charge >= 0.3 is 0 Å². The molecule has 20 heavy (non-hydrogen) atoms. The molecule has 0 atom stereocenters. The maximum Gasteiger partial charge on any atom is 0.131 e. The van der Waals surface area contributed by atoms with Gasteiger partial charge in [0.15, 0.2) is 0 Å². The van der Waals surface area contributed by atoms with Crippen molar-refractivity contribution in [2.75, 3.05) is 11.9 Å². The van der Waals surface area contributed by atoms with E-state index in [1.54, 1.807) is 6.20 Å². The zero-order valence-corrected chi connectivity index (χ0v) is 12.8. The molecule has 0 aliphatic carbocycles. The first-order valence-corrected chi connectivity index (χ1v) is 7.34. The molecule has 0 spiro atoms. The highest BCUT2D eigenvalue weighted by molar-refractivity contribution is 7.71. The molecule has 0 unspecified atom stereocenters. The third-order valence-corrected chi connectivity index (χ3v) is 3.07. The quantitative estimate of drug-likeness (QED) is 0.608. The van der Waals surface area contributed by atoms with Gasteiger partial charge in [0.25, 0.3) is 0 Å². The minimum atomic E-state index is 0.560. The van der Waals surface area contributed by atoms with Crippen molar-refractivity contribution in [1.29, 1.82) is 0 Å². The Kier molecular flexibility index (Phi) is 5.29. The molecule has 0 saturated heterocycles. The molecule has 0 aromatic carbocycles. The first kappa shape index (κ1) is 14.7. The Labute approximate surface area is 124 Å². The maximum atomic E-state index is 5.20. The first-order chi connectivity index (χ1) is 9.63. The molecule has 2 heterocycles. The minimum Gasteiger partial charge on any atom is -0.371 e. The number of aryl methyl sites for hydroxylation is 1. The van der Waals surface area contributed by atoms with Crippen LogP contribution in [0.25, 0.3) is 0 Å². The number of nitrogens with one attached hydrogen (secondary N) is 2. The number of hydrogen-bond acceptors (Lipinski definition) is 4. The largest absolute Gasteiger partial charge is 0.371 e. The summed E-state index contributed by atoms with van der Waals surface area (Å²) in [6.45, 7) is 6.18. The van der Waals surface area contributed by atoms with Crippen molar-refractivity contribution < 1.29 is 0 Å². The molecule has 0 aliphatic heterocycles. The van der Waals surface area contributed by atoms with Crippen LogP contribution in [0.4, 0.5) is 5.82 Å². The van der Waals surface area contributed by atoms with E-state index in [9.17, 15) is 0 Å². The highest BCUT2D eigenvalue weighted by atomic mass is 32.1.